The molecule has 26 heavy (non-hydrogen) atoms. The van der Waals surface area contributed by atoms with Crippen LogP contribution >= 0.6 is 0 Å². The molecule has 3 atom stereocenters. The molecule has 0 radical (unpaired) electrons. The largest absolute Gasteiger partial charge is 0.487 e. The van der Waals surface area contributed by atoms with E-state index in [4.69, 9.17) is 10.5 Å². The summed E-state index contributed by atoms with van der Waals surface area (Å²) < 4.78 is 22.5. The van der Waals surface area contributed by atoms with E-state index in [0.29, 0.717) is 36.0 Å². The predicted octanol–water partition coefficient (Wildman–Crippen LogP) is 1.33. The number of carboxylic acid groups (broad SMARTS) is 1. The number of anilines is 1. The molecule has 8 heteroatoms. The SMILES string of the molecule is C[C@H]1COc2c(N3CC4CC4(N)C3)c(F)cc3c(=O)c(C(=O)O)cn1c23. The standard InChI is InChI=1S/C18H18FN3O4/c1-8-6-26-16-13-10(15(23)11(17(24)25)5-22(8)13)2-12(19)14(16)21-4-9-3-18(9,20)7-21/h2,5,8-9H,3-4,6-7,20H2,1H3,(H,24,25)/t8-,9?,18?/m0/s1. The maximum Gasteiger partial charge on any atom is 0.341 e. The minimum absolute atomic E-state index is 0.0273. The van der Waals surface area contributed by atoms with Crippen LogP contribution in [0.15, 0.2) is 17.1 Å². The van der Waals surface area contributed by atoms with Crippen molar-refractivity contribution >= 4 is 22.6 Å². The highest BCUT2D eigenvalue weighted by atomic mass is 19.1. The number of ether oxygens (including phenoxy) is 1. The highest BCUT2D eigenvalue weighted by molar-refractivity contribution is 5.97. The van der Waals surface area contributed by atoms with Crippen molar-refractivity contribution in [1.29, 1.82) is 0 Å². The average Bonchev–Trinajstić information content (AvgIpc) is 3.09. The van der Waals surface area contributed by atoms with Crippen LogP contribution in [0.25, 0.3) is 10.9 Å². The van der Waals surface area contributed by atoms with Gasteiger partial charge >= 0.3 is 5.97 Å². The molecule has 2 fully saturated rings. The Labute approximate surface area is 147 Å². The summed E-state index contributed by atoms with van der Waals surface area (Å²) in [5.74, 6) is -1.26. The van der Waals surface area contributed by atoms with Crippen LogP contribution in [0.2, 0.25) is 0 Å². The minimum Gasteiger partial charge on any atom is -0.487 e. The van der Waals surface area contributed by atoms with Crippen molar-refractivity contribution in [3.8, 4) is 5.75 Å². The van der Waals surface area contributed by atoms with Crippen molar-refractivity contribution < 1.29 is 19.0 Å². The molecule has 0 amide bonds. The van der Waals surface area contributed by atoms with E-state index in [1.165, 1.54) is 6.20 Å². The number of pyridine rings is 1. The fourth-order valence-corrected chi connectivity index (χ4v) is 4.35. The van der Waals surface area contributed by atoms with Crippen molar-refractivity contribution in [3.63, 3.8) is 0 Å². The van der Waals surface area contributed by atoms with Gasteiger partial charge in [-0.2, -0.15) is 0 Å². The second-order valence-corrected chi connectivity index (χ2v) is 7.69. The van der Waals surface area contributed by atoms with Gasteiger partial charge in [0.1, 0.15) is 17.9 Å². The van der Waals surface area contributed by atoms with Crippen LogP contribution in [0.1, 0.15) is 29.7 Å². The molecule has 5 rings (SSSR count). The van der Waals surface area contributed by atoms with Gasteiger partial charge in [0.05, 0.1) is 16.9 Å². The molecule has 3 N–H and O–H groups in total. The number of nitrogens with two attached hydrogens (primary N) is 1. The molecule has 2 unspecified atom stereocenters. The smallest absolute Gasteiger partial charge is 0.341 e. The third-order valence-electron chi connectivity index (χ3n) is 5.89. The van der Waals surface area contributed by atoms with Gasteiger partial charge in [0.25, 0.3) is 0 Å². The van der Waals surface area contributed by atoms with E-state index in [0.717, 1.165) is 12.5 Å². The summed E-state index contributed by atoms with van der Waals surface area (Å²) in [6, 6.07) is 0.961. The molecule has 1 aromatic carbocycles. The van der Waals surface area contributed by atoms with Crippen molar-refractivity contribution in [2.75, 3.05) is 24.6 Å². The number of aromatic carboxylic acids is 1. The van der Waals surface area contributed by atoms with Gasteiger partial charge in [-0.15, -0.1) is 0 Å². The molecule has 1 aliphatic carbocycles. The summed E-state index contributed by atoms with van der Waals surface area (Å²) >= 11 is 0. The summed E-state index contributed by atoms with van der Waals surface area (Å²) in [6.07, 6.45) is 2.27. The van der Waals surface area contributed by atoms with Gasteiger partial charge in [0, 0.05) is 24.8 Å². The van der Waals surface area contributed by atoms with Crippen LogP contribution in [0, 0.1) is 11.7 Å². The zero-order valence-electron chi connectivity index (χ0n) is 14.2. The van der Waals surface area contributed by atoms with E-state index in [2.05, 4.69) is 0 Å². The minimum atomic E-state index is -1.32. The van der Waals surface area contributed by atoms with Crippen LogP contribution in [0.4, 0.5) is 10.1 Å². The molecule has 1 saturated heterocycles. The van der Waals surface area contributed by atoms with E-state index < -0.39 is 17.2 Å². The monoisotopic (exact) mass is 359 g/mol. The number of fused-ring (bicyclic) bond motifs is 1. The summed E-state index contributed by atoms with van der Waals surface area (Å²) in [5.41, 5.74) is 5.68. The van der Waals surface area contributed by atoms with E-state index >= 15 is 0 Å². The van der Waals surface area contributed by atoms with Crippen molar-refractivity contribution in [2.24, 2.45) is 11.7 Å². The van der Waals surface area contributed by atoms with E-state index in [9.17, 15) is 19.1 Å². The van der Waals surface area contributed by atoms with Gasteiger partial charge < -0.3 is 25.0 Å². The fraction of sp³-hybridized carbons (Fsp3) is 0.444. The number of carbonyl (C=O) groups is 1. The van der Waals surface area contributed by atoms with Crippen molar-refractivity contribution in [2.45, 2.75) is 24.9 Å². The predicted molar refractivity (Wildman–Crippen MR) is 92.6 cm³/mol. The lowest BCUT2D eigenvalue weighted by atomic mass is 10.1. The lowest BCUT2D eigenvalue weighted by Crippen LogP contribution is -2.35. The van der Waals surface area contributed by atoms with Gasteiger partial charge in [-0.3, -0.25) is 4.79 Å². The molecule has 0 bridgehead atoms. The van der Waals surface area contributed by atoms with Gasteiger partial charge in [0.2, 0.25) is 5.43 Å². The molecule has 2 aliphatic heterocycles. The third kappa shape index (κ3) is 1.90. The zero-order valence-corrected chi connectivity index (χ0v) is 14.2. The molecule has 1 aromatic heterocycles. The quantitative estimate of drug-likeness (QED) is 0.840. The number of benzene rings is 1. The van der Waals surface area contributed by atoms with Gasteiger partial charge in [0.15, 0.2) is 11.6 Å². The number of aromatic nitrogens is 1. The first-order chi connectivity index (χ1) is 12.3. The second kappa shape index (κ2) is 4.76. The second-order valence-electron chi connectivity index (χ2n) is 7.69. The first kappa shape index (κ1) is 15.6. The third-order valence-corrected chi connectivity index (χ3v) is 5.89. The Morgan fingerprint density at radius 2 is 2.27 bits per heavy atom. The van der Waals surface area contributed by atoms with Crippen LogP contribution < -0.4 is 20.8 Å². The number of hydrogen-bond acceptors (Lipinski definition) is 5. The molecule has 0 spiro atoms. The Morgan fingerprint density at radius 1 is 1.50 bits per heavy atom. The summed E-state index contributed by atoms with van der Waals surface area (Å²) in [4.78, 5) is 25.9. The molecule has 3 heterocycles. The molecule has 3 aliphatic rings. The molecule has 1 saturated carbocycles. The van der Waals surface area contributed by atoms with E-state index in [1.807, 2.05) is 11.8 Å². The summed E-state index contributed by atoms with van der Waals surface area (Å²) in [6.45, 7) is 3.33. The number of hydrogen-bond donors (Lipinski definition) is 2. The number of carboxylic acids is 1. The van der Waals surface area contributed by atoms with E-state index in [-0.39, 0.29) is 29.1 Å². The number of halogens is 1. The normalized spacial score (nSPS) is 28.8. The first-order valence-electron chi connectivity index (χ1n) is 8.61. The molecule has 2 aromatic rings. The molecule has 136 valence electrons. The molecular formula is C18H18FN3O4. The maximum atomic E-state index is 15.0. The Morgan fingerprint density at radius 3 is 2.92 bits per heavy atom. The lowest BCUT2D eigenvalue weighted by molar-refractivity contribution is 0.0694. The molecule has 7 nitrogen and oxygen atoms in total. The van der Waals surface area contributed by atoms with Crippen LogP contribution in [-0.2, 0) is 0 Å². The number of rotatable bonds is 2. The summed E-state index contributed by atoms with van der Waals surface area (Å²) in [5, 5.41) is 9.34. The highest BCUT2D eigenvalue weighted by Crippen LogP contribution is 2.51. The van der Waals surface area contributed by atoms with Gasteiger partial charge in [-0.1, -0.05) is 0 Å². The van der Waals surface area contributed by atoms with E-state index in [1.54, 1.807) is 4.57 Å². The average molecular weight is 359 g/mol. The van der Waals surface area contributed by atoms with Gasteiger partial charge in [-0.25, -0.2) is 9.18 Å². The van der Waals surface area contributed by atoms with Crippen LogP contribution in [0.5, 0.6) is 5.75 Å². The Hall–Kier alpha value is -2.61. The van der Waals surface area contributed by atoms with Crippen LogP contribution in [0.3, 0.4) is 0 Å². The Balaban J connectivity index is 1.80. The Kier molecular flexibility index (Phi) is 2.86. The number of piperidine rings is 1. The molecular weight excluding hydrogens is 341 g/mol. The lowest BCUT2D eigenvalue weighted by Gasteiger charge is -2.31. The number of nitrogens with zero attached hydrogens (tertiary/aromatic N) is 2. The van der Waals surface area contributed by atoms with Crippen molar-refractivity contribution in [3.05, 3.63) is 33.9 Å². The highest BCUT2D eigenvalue weighted by Gasteiger charge is 2.58. The topological polar surface area (TPSA) is 97.8 Å². The maximum absolute atomic E-state index is 15.0. The van der Waals surface area contributed by atoms with Crippen molar-refractivity contribution in [1.82, 2.24) is 4.57 Å². The zero-order chi connectivity index (χ0) is 18.4. The Bertz CT molecular complexity index is 1050. The first-order valence-corrected chi connectivity index (χ1v) is 8.61. The van der Waals surface area contributed by atoms with Gasteiger partial charge in [-0.05, 0) is 25.3 Å². The fourth-order valence-electron chi connectivity index (χ4n) is 4.35. The van der Waals surface area contributed by atoms with Crippen LogP contribution in [-0.4, -0.2) is 40.9 Å². The summed E-state index contributed by atoms with van der Waals surface area (Å²) in [7, 11) is 0.